The van der Waals surface area contributed by atoms with E-state index in [1.54, 1.807) is 0 Å². The SMILES string of the molecule is CCNC(Cc1cc(Br)cs1)CC1(OC)CCC1. The van der Waals surface area contributed by atoms with Gasteiger partial charge in [-0.15, -0.1) is 11.3 Å². The zero-order valence-corrected chi connectivity index (χ0v) is 13.6. The molecular formula is C14H22BrNOS. The average molecular weight is 332 g/mol. The Morgan fingerprint density at radius 1 is 1.56 bits per heavy atom. The van der Waals surface area contributed by atoms with Crippen LogP contribution in [0.1, 0.15) is 37.5 Å². The zero-order valence-electron chi connectivity index (χ0n) is 11.2. The van der Waals surface area contributed by atoms with E-state index < -0.39 is 0 Å². The fourth-order valence-corrected chi connectivity index (χ4v) is 4.25. The number of methoxy groups -OCH3 is 1. The minimum Gasteiger partial charge on any atom is -0.378 e. The quantitative estimate of drug-likeness (QED) is 0.815. The van der Waals surface area contributed by atoms with E-state index in [0.717, 1.165) is 19.4 Å². The van der Waals surface area contributed by atoms with E-state index in [2.05, 4.69) is 39.6 Å². The lowest BCUT2D eigenvalue weighted by Crippen LogP contribution is -2.46. The second-order valence-electron chi connectivity index (χ2n) is 5.13. The smallest absolute Gasteiger partial charge is 0.0693 e. The first-order valence-corrected chi connectivity index (χ1v) is 8.36. The van der Waals surface area contributed by atoms with Gasteiger partial charge < -0.3 is 10.1 Å². The number of rotatable bonds is 7. The Labute approximate surface area is 122 Å². The van der Waals surface area contributed by atoms with Gasteiger partial charge in [-0.2, -0.15) is 0 Å². The molecule has 1 aliphatic carbocycles. The number of likely N-dealkylation sites (N-methyl/N-ethyl adjacent to an activating group) is 1. The van der Waals surface area contributed by atoms with Gasteiger partial charge in [0.2, 0.25) is 0 Å². The Hall–Kier alpha value is 0.1000. The van der Waals surface area contributed by atoms with Crippen molar-refractivity contribution >= 4 is 27.3 Å². The van der Waals surface area contributed by atoms with Crippen LogP contribution < -0.4 is 5.32 Å². The molecule has 1 saturated carbocycles. The van der Waals surface area contributed by atoms with Crippen LogP contribution in [-0.4, -0.2) is 25.3 Å². The fourth-order valence-electron chi connectivity index (χ4n) is 2.72. The molecule has 1 heterocycles. The summed E-state index contributed by atoms with van der Waals surface area (Å²) in [5.74, 6) is 0. The predicted molar refractivity (Wildman–Crippen MR) is 81.4 cm³/mol. The van der Waals surface area contributed by atoms with Gasteiger partial charge in [-0.05, 0) is 60.6 Å². The van der Waals surface area contributed by atoms with Crippen LogP contribution in [0.2, 0.25) is 0 Å². The van der Waals surface area contributed by atoms with Crippen molar-refractivity contribution in [1.29, 1.82) is 0 Å². The lowest BCUT2D eigenvalue weighted by molar-refractivity contribution is -0.0832. The van der Waals surface area contributed by atoms with Crippen LogP contribution in [-0.2, 0) is 11.2 Å². The van der Waals surface area contributed by atoms with Crippen LogP contribution in [0.3, 0.4) is 0 Å². The molecule has 0 saturated heterocycles. The third-order valence-corrected chi connectivity index (χ3v) is 5.60. The van der Waals surface area contributed by atoms with E-state index in [1.165, 1.54) is 28.6 Å². The molecule has 18 heavy (non-hydrogen) atoms. The Morgan fingerprint density at radius 2 is 2.33 bits per heavy atom. The maximum Gasteiger partial charge on any atom is 0.0693 e. The highest BCUT2D eigenvalue weighted by atomic mass is 79.9. The zero-order chi connectivity index (χ0) is 13.0. The van der Waals surface area contributed by atoms with Crippen molar-refractivity contribution in [2.45, 2.75) is 50.7 Å². The van der Waals surface area contributed by atoms with Crippen molar-refractivity contribution in [1.82, 2.24) is 5.32 Å². The average Bonchev–Trinajstić information content (AvgIpc) is 2.69. The molecule has 1 aromatic rings. The number of nitrogens with one attached hydrogen (secondary N) is 1. The summed E-state index contributed by atoms with van der Waals surface area (Å²) in [4.78, 5) is 1.44. The predicted octanol–water partition coefficient (Wildman–Crippen LogP) is 3.99. The molecule has 1 fully saturated rings. The normalized spacial score (nSPS) is 19.5. The molecule has 0 bridgehead atoms. The van der Waals surface area contributed by atoms with Crippen molar-refractivity contribution in [3.63, 3.8) is 0 Å². The number of thiophene rings is 1. The number of ether oxygens (including phenoxy) is 1. The van der Waals surface area contributed by atoms with E-state index in [-0.39, 0.29) is 5.60 Å². The molecule has 1 atom stereocenters. The third-order valence-electron chi connectivity index (χ3n) is 3.88. The summed E-state index contributed by atoms with van der Waals surface area (Å²) in [6, 6.07) is 2.76. The summed E-state index contributed by atoms with van der Waals surface area (Å²) < 4.78 is 6.94. The standard InChI is InChI=1S/C14H22BrNOS/c1-3-16-12(8-13-7-11(15)10-18-13)9-14(17-2)5-4-6-14/h7,10,12,16H,3-6,8-9H2,1-2H3. The van der Waals surface area contributed by atoms with Crippen LogP contribution in [0, 0.1) is 0 Å². The first-order valence-electron chi connectivity index (χ1n) is 6.69. The maximum absolute atomic E-state index is 5.75. The summed E-state index contributed by atoms with van der Waals surface area (Å²) in [5.41, 5.74) is 0.154. The number of hydrogen-bond acceptors (Lipinski definition) is 3. The van der Waals surface area contributed by atoms with Gasteiger partial charge in [0.25, 0.3) is 0 Å². The first kappa shape index (κ1) is 14.5. The van der Waals surface area contributed by atoms with E-state index in [1.807, 2.05) is 18.4 Å². The fraction of sp³-hybridized carbons (Fsp3) is 0.714. The molecule has 0 aliphatic heterocycles. The van der Waals surface area contributed by atoms with Crippen LogP contribution in [0.15, 0.2) is 15.9 Å². The highest BCUT2D eigenvalue weighted by Gasteiger charge is 2.38. The molecule has 1 aliphatic rings. The molecule has 0 aromatic carbocycles. The van der Waals surface area contributed by atoms with Gasteiger partial charge in [0.15, 0.2) is 0 Å². The van der Waals surface area contributed by atoms with E-state index in [9.17, 15) is 0 Å². The lowest BCUT2D eigenvalue weighted by atomic mass is 9.75. The second kappa shape index (κ2) is 6.51. The molecule has 1 unspecified atom stereocenters. The Bertz CT molecular complexity index is 370. The van der Waals surface area contributed by atoms with Crippen LogP contribution >= 0.6 is 27.3 Å². The van der Waals surface area contributed by atoms with Gasteiger partial charge in [0.05, 0.1) is 5.60 Å². The Balaban J connectivity index is 1.95. The van der Waals surface area contributed by atoms with Gasteiger partial charge in [-0.3, -0.25) is 0 Å². The van der Waals surface area contributed by atoms with Crippen molar-refractivity contribution < 1.29 is 4.74 Å². The minimum absolute atomic E-state index is 0.154. The Kier molecular flexibility index (Phi) is 5.24. The molecule has 102 valence electrons. The largest absolute Gasteiger partial charge is 0.378 e. The summed E-state index contributed by atoms with van der Waals surface area (Å²) >= 11 is 5.36. The molecule has 1 aromatic heterocycles. The molecule has 2 nitrogen and oxygen atoms in total. The van der Waals surface area contributed by atoms with Crippen molar-refractivity contribution in [3.05, 3.63) is 20.8 Å². The highest BCUT2D eigenvalue weighted by molar-refractivity contribution is 9.10. The van der Waals surface area contributed by atoms with Gasteiger partial charge in [-0.25, -0.2) is 0 Å². The molecule has 0 amide bonds. The molecule has 0 spiro atoms. The van der Waals surface area contributed by atoms with E-state index in [0.29, 0.717) is 6.04 Å². The molecule has 4 heteroatoms. The second-order valence-corrected chi connectivity index (χ2v) is 7.05. The molecule has 0 radical (unpaired) electrons. The van der Waals surface area contributed by atoms with Gasteiger partial charge >= 0.3 is 0 Å². The van der Waals surface area contributed by atoms with Crippen LogP contribution in [0.25, 0.3) is 0 Å². The van der Waals surface area contributed by atoms with Crippen LogP contribution in [0.5, 0.6) is 0 Å². The molecule has 2 rings (SSSR count). The first-order chi connectivity index (χ1) is 8.67. The van der Waals surface area contributed by atoms with Gasteiger partial charge in [0, 0.05) is 27.9 Å². The van der Waals surface area contributed by atoms with Crippen molar-refractivity contribution in [2.24, 2.45) is 0 Å². The summed E-state index contributed by atoms with van der Waals surface area (Å²) in [5, 5.41) is 5.77. The summed E-state index contributed by atoms with van der Waals surface area (Å²) in [7, 11) is 1.86. The Morgan fingerprint density at radius 3 is 2.78 bits per heavy atom. The number of hydrogen-bond donors (Lipinski definition) is 1. The van der Waals surface area contributed by atoms with Gasteiger partial charge in [-0.1, -0.05) is 6.92 Å². The topological polar surface area (TPSA) is 21.3 Å². The van der Waals surface area contributed by atoms with Crippen molar-refractivity contribution in [3.8, 4) is 0 Å². The maximum atomic E-state index is 5.75. The monoisotopic (exact) mass is 331 g/mol. The summed E-state index contributed by atoms with van der Waals surface area (Å²) in [6.45, 7) is 3.20. The van der Waals surface area contributed by atoms with E-state index in [4.69, 9.17) is 4.74 Å². The van der Waals surface area contributed by atoms with Gasteiger partial charge in [0.1, 0.15) is 0 Å². The lowest BCUT2D eigenvalue weighted by Gasteiger charge is -2.43. The molecular weight excluding hydrogens is 310 g/mol. The summed E-state index contributed by atoms with van der Waals surface area (Å²) in [6.07, 6.45) is 6.00. The van der Waals surface area contributed by atoms with Crippen molar-refractivity contribution in [2.75, 3.05) is 13.7 Å². The molecule has 1 N–H and O–H groups in total. The van der Waals surface area contributed by atoms with Crippen LogP contribution in [0.4, 0.5) is 0 Å². The minimum atomic E-state index is 0.154. The number of halogens is 1. The highest BCUT2D eigenvalue weighted by Crippen LogP contribution is 2.39. The van der Waals surface area contributed by atoms with E-state index >= 15 is 0 Å². The third kappa shape index (κ3) is 3.56.